The highest BCUT2D eigenvalue weighted by atomic mass is 19.4. The molecule has 8 heteroatoms. The largest absolute Gasteiger partial charge is 0.494 e. The molecule has 0 aliphatic carbocycles. The summed E-state index contributed by atoms with van der Waals surface area (Å²) in [6.07, 6.45) is -4.47. The molecule has 0 atom stereocenters. The zero-order chi connectivity index (χ0) is 20.7. The molecule has 0 aromatic heterocycles. The van der Waals surface area contributed by atoms with Crippen molar-refractivity contribution in [3.8, 4) is 0 Å². The Morgan fingerprint density at radius 2 is 1.54 bits per heavy atom. The van der Waals surface area contributed by atoms with Gasteiger partial charge in [-0.25, -0.2) is 0 Å². The first kappa shape index (κ1) is 20.4. The lowest BCUT2D eigenvalue weighted by atomic mass is 9.79. The van der Waals surface area contributed by atoms with Gasteiger partial charge in [-0.3, -0.25) is 4.79 Å². The lowest BCUT2D eigenvalue weighted by Crippen LogP contribution is -2.41. The van der Waals surface area contributed by atoms with Gasteiger partial charge < -0.3 is 14.6 Å². The highest BCUT2D eigenvalue weighted by Crippen LogP contribution is 2.36. The van der Waals surface area contributed by atoms with Gasteiger partial charge >= 0.3 is 13.3 Å². The number of anilines is 1. The van der Waals surface area contributed by atoms with Gasteiger partial charge in [0, 0.05) is 11.3 Å². The number of alkyl halides is 3. The molecular formula is C20H21BF3NO3. The molecule has 0 saturated carbocycles. The molecule has 148 valence electrons. The predicted molar refractivity (Wildman–Crippen MR) is 102 cm³/mol. The molecule has 0 unspecified atom stereocenters. The number of nitrogens with one attached hydrogen (secondary N) is 1. The van der Waals surface area contributed by atoms with Crippen LogP contribution < -0.4 is 10.8 Å². The maximum atomic E-state index is 12.8. The molecule has 1 amide bonds. The quantitative estimate of drug-likeness (QED) is 0.796. The van der Waals surface area contributed by atoms with E-state index in [-0.39, 0.29) is 5.69 Å². The first-order valence-corrected chi connectivity index (χ1v) is 8.83. The number of carbonyl (C=O) groups is 1. The van der Waals surface area contributed by atoms with E-state index in [0.29, 0.717) is 5.56 Å². The van der Waals surface area contributed by atoms with Crippen LogP contribution in [0.15, 0.2) is 48.5 Å². The van der Waals surface area contributed by atoms with Gasteiger partial charge in [-0.2, -0.15) is 13.2 Å². The second-order valence-electron chi connectivity index (χ2n) is 7.74. The van der Waals surface area contributed by atoms with Crippen LogP contribution in [-0.4, -0.2) is 24.2 Å². The van der Waals surface area contributed by atoms with Crippen molar-refractivity contribution in [3.63, 3.8) is 0 Å². The van der Waals surface area contributed by atoms with Gasteiger partial charge in [-0.15, -0.1) is 0 Å². The number of benzene rings is 2. The summed E-state index contributed by atoms with van der Waals surface area (Å²) in [4.78, 5) is 12.4. The van der Waals surface area contributed by atoms with E-state index in [9.17, 15) is 18.0 Å². The summed E-state index contributed by atoms with van der Waals surface area (Å²) in [5.41, 5.74) is -0.614. The number of carbonyl (C=O) groups excluding carboxylic acids is 1. The Bertz CT molecular complexity index is 863. The molecule has 1 aliphatic rings. The fourth-order valence-electron chi connectivity index (χ4n) is 2.75. The van der Waals surface area contributed by atoms with E-state index >= 15 is 0 Å². The van der Waals surface area contributed by atoms with E-state index in [1.165, 1.54) is 12.1 Å². The lowest BCUT2D eigenvalue weighted by Gasteiger charge is -2.32. The minimum atomic E-state index is -4.47. The van der Waals surface area contributed by atoms with Crippen molar-refractivity contribution in [2.45, 2.75) is 45.1 Å². The minimum absolute atomic E-state index is 0.0786. The van der Waals surface area contributed by atoms with E-state index in [4.69, 9.17) is 9.31 Å². The Kier molecular flexibility index (Phi) is 5.06. The standard InChI is InChI=1S/C20H21BF3NO3/c1-18(2)19(3,4)28-21(27-18)15-10-8-13(9-11-15)17(26)25-16-7-5-6-14(12-16)20(22,23)24/h5-12H,1-4H3,(H,25,26). The normalized spacial score (nSPS) is 18.2. The molecule has 1 N–H and O–H groups in total. The summed E-state index contributed by atoms with van der Waals surface area (Å²) in [7, 11) is -0.550. The van der Waals surface area contributed by atoms with Crippen LogP contribution in [-0.2, 0) is 15.5 Å². The van der Waals surface area contributed by atoms with Gasteiger partial charge in [-0.05, 0) is 63.5 Å². The Morgan fingerprint density at radius 3 is 2.07 bits per heavy atom. The van der Waals surface area contributed by atoms with Crippen LogP contribution >= 0.6 is 0 Å². The third-order valence-corrected chi connectivity index (χ3v) is 5.15. The molecule has 1 fully saturated rings. The van der Waals surface area contributed by atoms with Crippen molar-refractivity contribution < 1.29 is 27.3 Å². The Labute approximate surface area is 162 Å². The maximum absolute atomic E-state index is 12.8. The molecular weight excluding hydrogens is 370 g/mol. The van der Waals surface area contributed by atoms with E-state index < -0.39 is 36.0 Å². The summed E-state index contributed by atoms with van der Waals surface area (Å²) in [6, 6.07) is 11.1. The Morgan fingerprint density at radius 1 is 0.964 bits per heavy atom. The Hall–Kier alpha value is -2.32. The second kappa shape index (κ2) is 6.94. The van der Waals surface area contributed by atoms with Crippen molar-refractivity contribution >= 4 is 24.2 Å². The van der Waals surface area contributed by atoms with Crippen LogP contribution in [0.2, 0.25) is 0 Å². The highest BCUT2D eigenvalue weighted by Gasteiger charge is 2.51. The Balaban J connectivity index is 1.71. The predicted octanol–water partition coefficient (Wildman–Crippen LogP) is 4.26. The summed E-state index contributed by atoms with van der Waals surface area (Å²) in [6.45, 7) is 7.79. The van der Waals surface area contributed by atoms with Gasteiger partial charge in [0.2, 0.25) is 0 Å². The van der Waals surface area contributed by atoms with E-state index in [2.05, 4.69) is 5.32 Å². The highest BCUT2D eigenvalue weighted by molar-refractivity contribution is 6.62. The van der Waals surface area contributed by atoms with Gasteiger partial charge in [0.25, 0.3) is 5.91 Å². The fraction of sp³-hybridized carbons (Fsp3) is 0.350. The molecule has 28 heavy (non-hydrogen) atoms. The average Bonchev–Trinajstić information content (AvgIpc) is 2.82. The summed E-state index contributed by atoms with van der Waals surface area (Å²) in [5.74, 6) is -0.500. The monoisotopic (exact) mass is 391 g/mol. The summed E-state index contributed by atoms with van der Waals surface area (Å²) >= 11 is 0. The second-order valence-corrected chi connectivity index (χ2v) is 7.74. The van der Waals surface area contributed by atoms with Crippen LogP contribution in [0.4, 0.5) is 18.9 Å². The van der Waals surface area contributed by atoms with Crippen LogP contribution in [0.3, 0.4) is 0 Å². The minimum Gasteiger partial charge on any atom is -0.399 e. The lowest BCUT2D eigenvalue weighted by molar-refractivity contribution is -0.137. The summed E-state index contributed by atoms with van der Waals surface area (Å²) in [5, 5.41) is 2.48. The van der Waals surface area contributed by atoms with Crippen LogP contribution in [0, 0.1) is 0 Å². The number of amides is 1. The molecule has 2 aromatic carbocycles. The van der Waals surface area contributed by atoms with Crippen LogP contribution in [0.5, 0.6) is 0 Å². The third-order valence-electron chi connectivity index (χ3n) is 5.15. The van der Waals surface area contributed by atoms with E-state index in [1.54, 1.807) is 24.3 Å². The smallest absolute Gasteiger partial charge is 0.399 e. The van der Waals surface area contributed by atoms with Crippen molar-refractivity contribution in [1.82, 2.24) is 0 Å². The molecule has 3 rings (SSSR count). The third kappa shape index (κ3) is 4.08. The molecule has 1 saturated heterocycles. The molecule has 0 spiro atoms. The molecule has 1 aliphatic heterocycles. The van der Waals surface area contributed by atoms with Gasteiger partial charge in [0.1, 0.15) is 0 Å². The van der Waals surface area contributed by atoms with Gasteiger partial charge in [0.15, 0.2) is 0 Å². The SMILES string of the molecule is CC1(C)OB(c2ccc(C(=O)Nc3cccc(C(F)(F)F)c3)cc2)OC1(C)C. The molecule has 0 bridgehead atoms. The molecule has 0 radical (unpaired) electrons. The van der Waals surface area contributed by atoms with Crippen molar-refractivity contribution in [2.75, 3.05) is 5.32 Å². The summed E-state index contributed by atoms with van der Waals surface area (Å²) < 4.78 is 50.3. The van der Waals surface area contributed by atoms with Gasteiger partial charge in [-0.1, -0.05) is 18.2 Å². The van der Waals surface area contributed by atoms with Crippen LogP contribution in [0.1, 0.15) is 43.6 Å². The van der Waals surface area contributed by atoms with Gasteiger partial charge in [0.05, 0.1) is 16.8 Å². The number of hydrogen-bond donors (Lipinski definition) is 1. The number of rotatable bonds is 3. The van der Waals surface area contributed by atoms with E-state index in [1.807, 2.05) is 27.7 Å². The average molecular weight is 391 g/mol. The van der Waals surface area contributed by atoms with Crippen molar-refractivity contribution in [1.29, 1.82) is 0 Å². The van der Waals surface area contributed by atoms with Crippen LogP contribution in [0.25, 0.3) is 0 Å². The number of halogens is 3. The number of hydrogen-bond acceptors (Lipinski definition) is 3. The molecule has 1 heterocycles. The fourth-order valence-corrected chi connectivity index (χ4v) is 2.75. The topological polar surface area (TPSA) is 47.6 Å². The van der Waals surface area contributed by atoms with E-state index in [0.717, 1.165) is 17.6 Å². The zero-order valence-corrected chi connectivity index (χ0v) is 16.1. The molecule has 2 aromatic rings. The first-order chi connectivity index (χ1) is 12.9. The maximum Gasteiger partial charge on any atom is 0.494 e. The van der Waals surface area contributed by atoms with Crippen molar-refractivity contribution in [3.05, 3.63) is 59.7 Å². The van der Waals surface area contributed by atoms with Crippen molar-refractivity contribution in [2.24, 2.45) is 0 Å². The molecule has 4 nitrogen and oxygen atoms in total. The first-order valence-electron chi connectivity index (χ1n) is 8.83. The zero-order valence-electron chi connectivity index (χ0n) is 16.1.